The molecule has 3 atom stereocenters. The third-order valence-corrected chi connectivity index (χ3v) is 4.84. The number of hydrogen-bond acceptors (Lipinski definition) is 3. The number of nitrogens with one attached hydrogen (secondary N) is 1. The lowest BCUT2D eigenvalue weighted by Gasteiger charge is -2.36. The van der Waals surface area contributed by atoms with Gasteiger partial charge in [0.15, 0.2) is 0 Å². The van der Waals surface area contributed by atoms with Crippen LogP contribution in [0.1, 0.15) is 44.2 Å². The molecule has 1 aliphatic carbocycles. The minimum Gasteiger partial charge on any atom is -0.394 e. The van der Waals surface area contributed by atoms with Crippen LogP contribution in [0.25, 0.3) is 0 Å². The maximum Gasteiger partial charge on any atom is 0.236 e. The van der Waals surface area contributed by atoms with E-state index in [-0.39, 0.29) is 25.1 Å². The van der Waals surface area contributed by atoms with Crippen LogP contribution >= 0.6 is 0 Å². The van der Waals surface area contributed by atoms with Gasteiger partial charge in [-0.15, -0.1) is 0 Å². The Morgan fingerprint density at radius 1 is 1.32 bits per heavy atom. The van der Waals surface area contributed by atoms with Gasteiger partial charge in [-0.1, -0.05) is 50.1 Å². The fourth-order valence-corrected chi connectivity index (χ4v) is 3.37. The number of benzene rings is 1. The van der Waals surface area contributed by atoms with Crippen LogP contribution in [0.3, 0.4) is 0 Å². The van der Waals surface area contributed by atoms with E-state index in [2.05, 4.69) is 12.2 Å². The second kappa shape index (κ2) is 8.30. The van der Waals surface area contributed by atoms with Crippen molar-refractivity contribution in [3.8, 4) is 0 Å². The summed E-state index contributed by atoms with van der Waals surface area (Å²) in [5, 5.41) is 12.7. The third kappa shape index (κ3) is 4.31. The average Bonchev–Trinajstić information content (AvgIpc) is 2.56. The van der Waals surface area contributed by atoms with E-state index in [9.17, 15) is 9.90 Å². The molecular weight excluding hydrogens is 276 g/mol. The number of carbonyl (C=O) groups is 1. The normalized spacial score (nSPS) is 23.0. The van der Waals surface area contributed by atoms with Gasteiger partial charge in [0.1, 0.15) is 0 Å². The Labute approximate surface area is 133 Å². The van der Waals surface area contributed by atoms with Crippen LogP contribution in [-0.4, -0.2) is 42.2 Å². The van der Waals surface area contributed by atoms with Crippen LogP contribution in [0.2, 0.25) is 0 Å². The summed E-state index contributed by atoms with van der Waals surface area (Å²) in [5.41, 5.74) is 1.01. The summed E-state index contributed by atoms with van der Waals surface area (Å²) in [5.74, 6) is 0.679. The number of carbonyl (C=O) groups excluding carboxylic acids is 1. The number of rotatable bonds is 6. The lowest BCUT2D eigenvalue weighted by atomic mass is 9.85. The number of aliphatic hydroxyl groups is 1. The van der Waals surface area contributed by atoms with Crippen molar-refractivity contribution in [2.24, 2.45) is 5.92 Å². The smallest absolute Gasteiger partial charge is 0.236 e. The molecule has 1 aromatic carbocycles. The summed E-state index contributed by atoms with van der Waals surface area (Å²) in [6.07, 6.45) is 4.80. The summed E-state index contributed by atoms with van der Waals surface area (Å²) < 4.78 is 0. The van der Waals surface area contributed by atoms with Crippen LogP contribution in [0.5, 0.6) is 0 Å². The van der Waals surface area contributed by atoms with Crippen molar-refractivity contribution in [3.63, 3.8) is 0 Å². The monoisotopic (exact) mass is 304 g/mol. The molecule has 1 saturated carbocycles. The van der Waals surface area contributed by atoms with Crippen LogP contribution in [-0.2, 0) is 4.79 Å². The lowest BCUT2D eigenvalue weighted by molar-refractivity contribution is -0.132. The molecule has 4 heteroatoms. The van der Waals surface area contributed by atoms with Gasteiger partial charge in [0.2, 0.25) is 5.91 Å². The predicted molar refractivity (Wildman–Crippen MR) is 88.5 cm³/mol. The Kier molecular flexibility index (Phi) is 6.40. The molecule has 0 heterocycles. The zero-order valence-electron chi connectivity index (χ0n) is 13.7. The second-order valence-electron chi connectivity index (χ2n) is 6.36. The van der Waals surface area contributed by atoms with E-state index in [1.165, 1.54) is 19.3 Å². The largest absolute Gasteiger partial charge is 0.394 e. The van der Waals surface area contributed by atoms with Gasteiger partial charge in [0, 0.05) is 13.1 Å². The number of likely N-dealkylation sites (N-methyl/N-ethyl adjacent to an activating group) is 1. The van der Waals surface area contributed by atoms with Crippen molar-refractivity contribution in [1.29, 1.82) is 0 Å². The molecule has 0 bridgehead atoms. The highest BCUT2D eigenvalue weighted by Crippen LogP contribution is 2.27. The maximum atomic E-state index is 12.4. The Balaban J connectivity index is 1.88. The summed E-state index contributed by atoms with van der Waals surface area (Å²) in [6.45, 7) is 2.49. The van der Waals surface area contributed by atoms with Gasteiger partial charge in [-0.3, -0.25) is 10.1 Å². The third-order valence-electron chi connectivity index (χ3n) is 4.84. The molecule has 1 aromatic rings. The SMILES string of the molecule is C[C@@H]1CCCC[C@H]1N(C)C(=O)CN[C@H](CO)c1ccccc1. The summed E-state index contributed by atoms with van der Waals surface area (Å²) in [6, 6.07) is 9.92. The molecule has 0 spiro atoms. The van der Waals surface area contributed by atoms with E-state index < -0.39 is 0 Å². The molecule has 4 nitrogen and oxygen atoms in total. The molecule has 1 fully saturated rings. The van der Waals surface area contributed by atoms with E-state index in [0.717, 1.165) is 12.0 Å². The first kappa shape index (κ1) is 17.0. The highest BCUT2D eigenvalue weighted by atomic mass is 16.3. The number of hydrogen-bond donors (Lipinski definition) is 2. The highest BCUT2D eigenvalue weighted by Gasteiger charge is 2.27. The van der Waals surface area contributed by atoms with E-state index in [1.807, 2.05) is 42.3 Å². The number of amides is 1. The summed E-state index contributed by atoms with van der Waals surface area (Å²) in [4.78, 5) is 14.3. The maximum absolute atomic E-state index is 12.4. The highest BCUT2D eigenvalue weighted by molar-refractivity contribution is 5.78. The molecule has 0 unspecified atom stereocenters. The number of aliphatic hydroxyl groups excluding tert-OH is 1. The lowest BCUT2D eigenvalue weighted by Crippen LogP contribution is -2.46. The Bertz CT molecular complexity index is 463. The van der Waals surface area contributed by atoms with E-state index in [0.29, 0.717) is 12.0 Å². The van der Waals surface area contributed by atoms with Gasteiger partial charge >= 0.3 is 0 Å². The first-order valence-electron chi connectivity index (χ1n) is 8.28. The Hall–Kier alpha value is -1.39. The fourth-order valence-electron chi connectivity index (χ4n) is 3.37. The molecule has 2 N–H and O–H groups in total. The second-order valence-corrected chi connectivity index (χ2v) is 6.36. The summed E-state index contributed by atoms with van der Waals surface area (Å²) in [7, 11) is 1.91. The number of nitrogens with zero attached hydrogens (tertiary/aromatic N) is 1. The van der Waals surface area contributed by atoms with Gasteiger partial charge in [-0.2, -0.15) is 0 Å². The van der Waals surface area contributed by atoms with E-state index >= 15 is 0 Å². The molecule has 0 aliphatic heterocycles. The van der Waals surface area contributed by atoms with Gasteiger partial charge < -0.3 is 10.0 Å². The van der Waals surface area contributed by atoms with Crippen molar-refractivity contribution in [2.75, 3.05) is 20.2 Å². The average molecular weight is 304 g/mol. The van der Waals surface area contributed by atoms with E-state index in [1.54, 1.807) is 0 Å². The summed E-state index contributed by atoms with van der Waals surface area (Å²) >= 11 is 0. The Morgan fingerprint density at radius 2 is 2.00 bits per heavy atom. The molecule has 2 rings (SSSR count). The van der Waals surface area contributed by atoms with Crippen LogP contribution in [0, 0.1) is 5.92 Å². The first-order valence-corrected chi connectivity index (χ1v) is 8.28. The zero-order valence-corrected chi connectivity index (χ0v) is 13.7. The topological polar surface area (TPSA) is 52.6 Å². The molecule has 1 aliphatic rings. The van der Waals surface area contributed by atoms with Crippen molar-refractivity contribution >= 4 is 5.91 Å². The van der Waals surface area contributed by atoms with Gasteiger partial charge in [-0.05, 0) is 24.3 Å². The molecule has 1 amide bonds. The minimum absolute atomic E-state index is 0.0131. The molecule has 0 aromatic heterocycles. The first-order chi connectivity index (χ1) is 10.6. The molecule has 122 valence electrons. The Morgan fingerprint density at radius 3 is 2.64 bits per heavy atom. The van der Waals surface area contributed by atoms with Gasteiger partial charge in [0.05, 0.1) is 19.2 Å². The quantitative estimate of drug-likeness (QED) is 0.848. The van der Waals surface area contributed by atoms with Gasteiger partial charge in [0.25, 0.3) is 0 Å². The minimum atomic E-state index is -0.192. The van der Waals surface area contributed by atoms with Gasteiger partial charge in [-0.25, -0.2) is 0 Å². The van der Waals surface area contributed by atoms with Crippen molar-refractivity contribution in [2.45, 2.75) is 44.7 Å². The van der Waals surface area contributed by atoms with Crippen molar-refractivity contribution in [3.05, 3.63) is 35.9 Å². The standard InChI is InChI=1S/C18H28N2O2/c1-14-8-6-7-11-17(14)20(2)18(22)12-19-16(13-21)15-9-4-3-5-10-15/h3-5,9-10,14,16-17,19,21H,6-8,11-13H2,1-2H3/t14-,16-,17-/m1/s1. The van der Waals surface area contributed by atoms with Crippen molar-refractivity contribution in [1.82, 2.24) is 10.2 Å². The molecule has 0 saturated heterocycles. The molecular formula is C18H28N2O2. The molecule has 22 heavy (non-hydrogen) atoms. The zero-order chi connectivity index (χ0) is 15.9. The van der Waals surface area contributed by atoms with Crippen LogP contribution < -0.4 is 5.32 Å². The van der Waals surface area contributed by atoms with Crippen LogP contribution in [0.15, 0.2) is 30.3 Å². The van der Waals surface area contributed by atoms with E-state index in [4.69, 9.17) is 0 Å². The van der Waals surface area contributed by atoms with Crippen LogP contribution in [0.4, 0.5) is 0 Å². The molecule has 0 radical (unpaired) electrons. The van der Waals surface area contributed by atoms with Crippen molar-refractivity contribution < 1.29 is 9.90 Å². The predicted octanol–water partition coefficient (Wildman–Crippen LogP) is 2.35. The fraction of sp³-hybridized carbons (Fsp3) is 0.611.